The first-order valence-electron chi connectivity index (χ1n) is 8.67. The van der Waals surface area contributed by atoms with Gasteiger partial charge in [0.1, 0.15) is 23.8 Å². The summed E-state index contributed by atoms with van der Waals surface area (Å²) in [6.45, 7) is -0.223. The first-order valence-corrected chi connectivity index (χ1v) is 8.67. The van der Waals surface area contributed by atoms with E-state index in [9.17, 15) is 9.59 Å². The molecule has 28 heavy (non-hydrogen) atoms. The molecule has 6 nitrogen and oxygen atoms in total. The minimum absolute atomic E-state index is 0.223. The molecule has 0 fully saturated rings. The lowest BCUT2D eigenvalue weighted by atomic mass is 10.2. The van der Waals surface area contributed by atoms with Crippen LogP contribution in [0, 0.1) is 0 Å². The fourth-order valence-corrected chi connectivity index (χ4v) is 2.72. The molecule has 4 rings (SSSR count). The van der Waals surface area contributed by atoms with Crippen LogP contribution < -0.4 is 15.0 Å². The quantitative estimate of drug-likeness (QED) is 0.394. The minimum Gasteiger partial charge on any atom is -0.457 e. The molecule has 0 saturated carbocycles. The Morgan fingerprint density at radius 2 is 1.46 bits per heavy atom. The second-order valence-corrected chi connectivity index (χ2v) is 6.06. The van der Waals surface area contributed by atoms with Gasteiger partial charge >= 0.3 is 5.97 Å². The van der Waals surface area contributed by atoms with Crippen molar-refractivity contribution in [2.24, 2.45) is 0 Å². The van der Waals surface area contributed by atoms with Gasteiger partial charge in [0.25, 0.3) is 5.56 Å². The number of hydrogen-bond donors (Lipinski definition) is 0. The van der Waals surface area contributed by atoms with Crippen LogP contribution in [-0.4, -0.2) is 15.5 Å². The number of fused-ring (bicyclic) bond motifs is 1. The summed E-state index contributed by atoms with van der Waals surface area (Å²) in [5, 5.41) is 0.459. The molecule has 138 valence electrons. The molecule has 1 heterocycles. The highest BCUT2D eigenvalue weighted by molar-refractivity contribution is 5.78. The minimum atomic E-state index is -0.559. The van der Waals surface area contributed by atoms with E-state index in [4.69, 9.17) is 9.47 Å². The van der Waals surface area contributed by atoms with Gasteiger partial charge in [-0.05, 0) is 48.5 Å². The number of ether oxygens (including phenoxy) is 2. The summed E-state index contributed by atoms with van der Waals surface area (Å²) in [7, 11) is 0. The zero-order valence-corrected chi connectivity index (χ0v) is 14.8. The Bertz CT molecular complexity index is 1170. The van der Waals surface area contributed by atoms with Gasteiger partial charge in [0.05, 0.1) is 17.2 Å². The number of benzene rings is 3. The fourth-order valence-electron chi connectivity index (χ4n) is 2.72. The van der Waals surface area contributed by atoms with Crippen LogP contribution in [0.1, 0.15) is 0 Å². The van der Waals surface area contributed by atoms with Crippen molar-refractivity contribution in [2.75, 3.05) is 0 Å². The molecule has 0 bridgehead atoms. The number of para-hydroxylation sites is 2. The van der Waals surface area contributed by atoms with Gasteiger partial charge in [-0.25, -0.2) is 9.78 Å². The van der Waals surface area contributed by atoms with Crippen molar-refractivity contribution in [3.8, 4) is 17.2 Å². The first-order chi connectivity index (χ1) is 13.7. The molecule has 0 atom stereocenters. The standard InChI is InChI=1S/C22H16N2O4/c25-21(14-24-15-23-20-9-5-4-8-19(20)22(24)26)28-18-12-10-17(11-13-18)27-16-6-2-1-3-7-16/h1-13,15H,14H2. The van der Waals surface area contributed by atoms with Gasteiger partial charge in [0.15, 0.2) is 0 Å². The summed E-state index contributed by atoms with van der Waals surface area (Å²) in [4.78, 5) is 28.8. The molecule has 6 heteroatoms. The van der Waals surface area contributed by atoms with Crippen LogP contribution in [0.4, 0.5) is 0 Å². The summed E-state index contributed by atoms with van der Waals surface area (Å²) in [6, 6.07) is 23.1. The molecule has 0 radical (unpaired) electrons. The molecule has 0 unspecified atom stereocenters. The lowest BCUT2D eigenvalue weighted by Gasteiger charge is -2.09. The van der Waals surface area contributed by atoms with Gasteiger partial charge in [-0.2, -0.15) is 0 Å². The van der Waals surface area contributed by atoms with Gasteiger partial charge in [0.2, 0.25) is 0 Å². The Morgan fingerprint density at radius 3 is 2.25 bits per heavy atom. The van der Waals surface area contributed by atoms with Gasteiger partial charge in [-0.3, -0.25) is 9.36 Å². The molecule has 0 aliphatic heterocycles. The maximum Gasteiger partial charge on any atom is 0.331 e. The second-order valence-electron chi connectivity index (χ2n) is 6.06. The van der Waals surface area contributed by atoms with Crippen LogP contribution >= 0.6 is 0 Å². The van der Waals surface area contributed by atoms with Crippen molar-refractivity contribution < 1.29 is 14.3 Å². The van der Waals surface area contributed by atoms with Crippen molar-refractivity contribution >= 4 is 16.9 Å². The van der Waals surface area contributed by atoms with Crippen LogP contribution in [0.15, 0.2) is 90.0 Å². The van der Waals surface area contributed by atoms with E-state index in [-0.39, 0.29) is 12.1 Å². The summed E-state index contributed by atoms with van der Waals surface area (Å²) in [6.07, 6.45) is 1.35. The van der Waals surface area contributed by atoms with E-state index in [0.717, 1.165) is 5.75 Å². The zero-order valence-electron chi connectivity index (χ0n) is 14.8. The number of carbonyl (C=O) groups excluding carboxylic acids is 1. The monoisotopic (exact) mass is 372 g/mol. The van der Waals surface area contributed by atoms with Crippen molar-refractivity contribution in [3.05, 3.63) is 95.5 Å². The van der Waals surface area contributed by atoms with Crippen molar-refractivity contribution in [1.82, 2.24) is 9.55 Å². The van der Waals surface area contributed by atoms with Gasteiger partial charge < -0.3 is 9.47 Å². The Hall–Kier alpha value is -3.93. The lowest BCUT2D eigenvalue weighted by molar-refractivity contribution is -0.135. The lowest BCUT2D eigenvalue weighted by Crippen LogP contribution is -2.26. The van der Waals surface area contributed by atoms with E-state index < -0.39 is 5.97 Å². The first kappa shape index (κ1) is 17.5. The number of aromatic nitrogens is 2. The predicted molar refractivity (Wildman–Crippen MR) is 105 cm³/mol. The number of esters is 1. The largest absolute Gasteiger partial charge is 0.457 e. The van der Waals surface area contributed by atoms with Crippen molar-refractivity contribution in [1.29, 1.82) is 0 Å². The predicted octanol–water partition coefficient (Wildman–Crippen LogP) is 3.79. The van der Waals surface area contributed by atoms with Crippen LogP contribution in [0.3, 0.4) is 0 Å². The Balaban J connectivity index is 1.43. The number of rotatable bonds is 5. The average Bonchev–Trinajstić information content (AvgIpc) is 2.72. The van der Waals surface area contributed by atoms with Gasteiger partial charge in [0, 0.05) is 0 Å². The second kappa shape index (κ2) is 7.75. The average molecular weight is 372 g/mol. The molecular weight excluding hydrogens is 356 g/mol. The normalized spacial score (nSPS) is 10.6. The van der Waals surface area contributed by atoms with E-state index in [1.807, 2.05) is 30.3 Å². The van der Waals surface area contributed by atoms with Gasteiger partial charge in [-0.1, -0.05) is 30.3 Å². The molecule has 3 aromatic carbocycles. The third kappa shape index (κ3) is 3.91. The fraction of sp³-hybridized carbons (Fsp3) is 0.0455. The van der Waals surface area contributed by atoms with E-state index in [2.05, 4.69) is 4.98 Å². The van der Waals surface area contributed by atoms with Crippen molar-refractivity contribution in [2.45, 2.75) is 6.54 Å². The van der Waals surface area contributed by atoms with Crippen molar-refractivity contribution in [3.63, 3.8) is 0 Å². The summed E-state index contributed by atoms with van der Waals surface area (Å²) < 4.78 is 12.2. The summed E-state index contributed by atoms with van der Waals surface area (Å²) >= 11 is 0. The third-order valence-corrected chi connectivity index (χ3v) is 4.07. The molecule has 0 aliphatic rings. The number of carbonyl (C=O) groups is 1. The Morgan fingerprint density at radius 1 is 0.821 bits per heavy atom. The molecule has 0 saturated heterocycles. The Labute approximate surface area is 160 Å². The smallest absolute Gasteiger partial charge is 0.331 e. The zero-order chi connectivity index (χ0) is 19.3. The molecule has 0 aliphatic carbocycles. The topological polar surface area (TPSA) is 70.4 Å². The van der Waals surface area contributed by atoms with Crippen LogP contribution in [0.5, 0.6) is 17.2 Å². The van der Waals surface area contributed by atoms with Gasteiger partial charge in [-0.15, -0.1) is 0 Å². The van der Waals surface area contributed by atoms with Crippen LogP contribution in [0.25, 0.3) is 10.9 Å². The summed E-state index contributed by atoms with van der Waals surface area (Å²) in [5.41, 5.74) is 0.306. The SMILES string of the molecule is O=C(Cn1cnc2ccccc2c1=O)Oc1ccc(Oc2ccccc2)cc1. The molecule has 4 aromatic rings. The maximum atomic E-state index is 12.4. The number of nitrogens with zero attached hydrogens (tertiary/aromatic N) is 2. The van der Waals surface area contributed by atoms with E-state index in [0.29, 0.717) is 22.4 Å². The maximum absolute atomic E-state index is 12.4. The molecule has 0 spiro atoms. The summed E-state index contributed by atoms with van der Waals surface area (Å²) in [5.74, 6) is 1.15. The van der Waals surface area contributed by atoms with E-state index in [1.54, 1.807) is 48.5 Å². The number of hydrogen-bond acceptors (Lipinski definition) is 5. The highest BCUT2D eigenvalue weighted by Gasteiger charge is 2.10. The molecular formula is C22H16N2O4. The third-order valence-electron chi connectivity index (χ3n) is 4.07. The molecule has 1 aromatic heterocycles. The van der Waals surface area contributed by atoms with Crippen LogP contribution in [-0.2, 0) is 11.3 Å². The highest BCUT2D eigenvalue weighted by atomic mass is 16.5. The van der Waals surface area contributed by atoms with E-state index >= 15 is 0 Å². The highest BCUT2D eigenvalue weighted by Crippen LogP contribution is 2.23. The van der Waals surface area contributed by atoms with Crippen LogP contribution in [0.2, 0.25) is 0 Å². The molecule has 0 amide bonds. The Kier molecular flexibility index (Phi) is 4.84. The van der Waals surface area contributed by atoms with E-state index in [1.165, 1.54) is 10.9 Å². The molecule has 0 N–H and O–H groups in total.